The third-order valence-electron chi connectivity index (χ3n) is 4.04. The molecule has 1 saturated carbocycles. The summed E-state index contributed by atoms with van der Waals surface area (Å²) in [6.45, 7) is 5.28. The monoisotopic (exact) mass is 242 g/mol. The van der Waals surface area contributed by atoms with Crippen LogP contribution in [0.1, 0.15) is 30.6 Å². The van der Waals surface area contributed by atoms with Crippen molar-refractivity contribution < 1.29 is 4.79 Å². The first-order valence-electron chi connectivity index (χ1n) is 6.42. The van der Waals surface area contributed by atoms with Gasteiger partial charge in [-0.15, -0.1) is 0 Å². The van der Waals surface area contributed by atoms with Crippen LogP contribution in [-0.2, 0) is 0 Å². The number of carbonyl (C=O) groups is 1. The molecule has 1 aromatic heterocycles. The molecule has 2 N–H and O–H groups in total. The molecule has 18 heavy (non-hydrogen) atoms. The molecule has 3 rings (SSSR count). The standard InChI is InChI=1S/C15H18N2O/c1-15(2)8-12(15)9-17-14(18)11-4-3-10-5-6-16-13(10)7-11/h3-7,12,16H,8-9H2,1-2H3,(H,17,18). The normalized spacial score (nSPS) is 20.9. The lowest BCUT2D eigenvalue weighted by Gasteiger charge is -2.06. The number of carbonyl (C=O) groups excluding carboxylic acids is 1. The zero-order valence-electron chi connectivity index (χ0n) is 10.8. The van der Waals surface area contributed by atoms with Crippen LogP contribution in [-0.4, -0.2) is 17.4 Å². The van der Waals surface area contributed by atoms with E-state index in [1.165, 1.54) is 6.42 Å². The first-order valence-corrected chi connectivity index (χ1v) is 6.42. The van der Waals surface area contributed by atoms with Gasteiger partial charge in [-0.2, -0.15) is 0 Å². The minimum absolute atomic E-state index is 0.0224. The lowest BCUT2D eigenvalue weighted by Crippen LogP contribution is -2.26. The van der Waals surface area contributed by atoms with Crippen molar-refractivity contribution in [1.82, 2.24) is 10.3 Å². The van der Waals surface area contributed by atoms with E-state index in [0.717, 1.165) is 23.0 Å². The number of hydrogen-bond donors (Lipinski definition) is 2. The Kier molecular flexibility index (Phi) is 2.44. The van der Waals surface area contributed by atoms with Crippen molar-refractivity contribution in [1.29, 1.82) is 0 Å². The van der Waals surface area contributed by atoms with Crippen LogP contribution in [0.5, 0.6) is 0 Å². The molecule has 3 nitrogen and oxygen atoms in total. The molecule has 0 spiro atoms. The number of aromatic nitrogens is 1. The van der Waals surface area contributed by atoms with Gasteiger partial charge in [0.15, 0.2) is 0 Å². The molecule has 1 aliphatic carbocycles. The van der Waals surface area contributed by atoms with E-state index in [9.17, 15) is 4.79 Å². The van der Waals surface area contributed by atoms with Crippen LogP contribution in [0.3, 0.4) is 0 Å². The Morgan fingerprint density at radius 3 is 2.94 bits per heavy atom. The van der Waals surface area contributed by atoms with Gasteiger partial charge >= 0.3 is 0 Å². The molecule has 1 aromatic carbocycles. The van der Waals surface area contributed by atoms with Crippen molar-refractivity contribution in [3.8, 4) is 0 Å². The maximum absolute atomic E-state index is 12.0. The Morgan fingerprint density at radius 1 is 1.44 bits per heavy atom. The first-order chi connectivity index (χ1) is 8.56. The van der Waals surface area contributed by atoms with Gasteiger partial charge in [0, 0.05) is 23.8 Å². The van der Waals surface area contributed by atoms with Crippen molar-refractivity contribution in [2.75, 3.05) is 6.54 Å². The maximum atomic E-state index is 12.0. The third kappa shape index (κ3) is 2.01. The van der Waals surface area contributed by atoms with E-state index in [1.807, 2.05) is 30.5 Å². The summed E-state index contributed by atoms with van der Waals surface area (Å²) in [5, 5.41) is 4.15. The molecule has 3 heteroatoms. The van der Waals surface area contributed by atoms with E-state index in [0.29, 0.717) is 11.3 Å². The molecule has 1 atom stereocenters. The molecule has 1 unspecified atom stereocenters. The molecule has 0 aliphatic heterocycles. The van der Waals surface area contributed by atoms with E-state index in [4.69, 9.17) is 0 Å². The molecule has 1 heterocycles. The molecule has 1 fully saturated rings. The summed E-state index contributed by atoms with van der Waals surface area (Å²) in [7, 11) is 0. The molecular weight excluding hydrogens is 224 g/mol. The molecule has 94 valence electrons. The van der Waals surface area contributed by atoms with Crippen LogP contribution in [0.25, 0.3) is 10.9 Å². The smallest absolute Gasteiger partial charge is 0.251 e. The highest BCUT2D eigenvalue weighted by Crippen LogP contribution is 2.50. The molecule has 1 aliphatic rings. The van der Waals surface area contributed by atoms with Crippen molar-refractivity contribution in [2.45, 2.75) is 20.3 Å². The molecule has 0 bridgehead atoms. The second-order valence-electron chi connectivity index (χ2n) is 5.88. The van der Waals surface area contributed by atoms with E-state index in [-0.39, 0.29) is 5.91 Å². The fourth-order valence-electron chi connectivity index (χ4n) is 2.43. The summed E-state index contributed by atoms with van der Waals surface area (Å²) in [6, 6.07) is 7.76. The van der Waals surface area contributed by atoms with Gasteiger partial charge in [-0.3, -0.25) is 4.79 Å². The number of rotatable bonds is 3. The fourth-order valence-corrected chi connectivity index (χ4v) is 2.43. The zero-order valence-corrected chi connectivity index (χ0v) is 10.8. The molecule has 1 amide bonds. The van der Waals surface area contributed by atoms with E-state index in [1.54, 1.807) is 0 Å². The van der Waals surface area contributed by atoms with Crippen molar-refractivity contribution in [3.05, 3.63) is 36.0 Å². The van der Waals surface area contributed by atoms with E-state index >= 15 is 0 Å². The second kappa shape index (κ2) is 3.87. The highest BCUT2D eigenvalue weighted by Gasteiger charge is 2.45. The lowest BCUT2D eigenvalue weighted by atomic mass is 10.1. The number of aromatic amines is 1. The van der Waals surface area contributed by atoms with Crippen LogP contribution in [0, 0.1) is 11.3 Å². The van der Waals surface area contributed by atoms with Gasteiger partial charge < -0.3 is 10.3 Å². The largest absolute Gasteiger partial charge is 0.361 e. The SMILES string of the molecule is CC1(C)CC1CNC(=O)c1ccc2cc[nH]c2c1. The average molecular weight is 242 g/mol. The van der Waals surface area contributed by atoms with Crippen LogP contribution in [0.15, 0.2) is 30.5 Å². The van der Waals surface area contributed by atoms with Gasteiger partial charge in [0.1, 0.15) is 0 Å². The number of benzene rings is 1. The van der Waals surface area contributed by atoms with Gasteiger partial charge in [0.2, 0.25) is 0 Å². The number of amides is 1. The van der Waals surface area contributed by atoms with Gasteiger partial charge in [0.05, 0.1) is 0 Å². The number of fused-ring (bicyclic) bond motifs is 1. The average Bonchev–Trinajstić information content (AvgIpc) is 2.77. The Bertz CT molecular complexity index is 597. The van der Waals surface area contributed by atoms with Crippen molar-refractivity contribution in [2.24, 2.45) is 11.3 Å². The number of hydrogen-bond acceptors (Lipinski definition) is 1. The third-order valence-corrected chi connectivity index (χ3v) is 4.04. The lowest BCUT2D eigenvalue weighted by molar-refractivity contribution is 0.0950. The summed E-state index contributed by atoms with van der Waals surface area (Å²) in [4.78, 5) is 15.2. The molecule has 2 aromatic rings. The van der Waals surface area contributed by atoms with Crippen LogP contribution >= 0.6 is 0 Å². The Morgan fingerprint density at radius 2 is 2.22 bits per heavy atom. The highest BCUT2D eigenvalue weighted by atomic mass is 16.1. The summed E-state index contributed by atoms with van der Waals surface area (Å²) in [5.41, 5.74) is 2.15. The second-order valence-corrected chi connectivity index (χ2v) is 5.88. The van der Waals surface area contributed by atoms with Crippen LogP contribution in [0.4, 0.5) is 0 Å². The molecule has 0 radical (unpaired) electrons. The van der Waals surface area contributed by atoms with Gasteiger partial charge in [-0.25, -0.2) is 0 Å². The van der Waals surface area contributed by atoms with Crippen LogP contribution in [0.2, 0.25) is 0 Å². The fraction of sp³-hybridized carbons (Fsp3) is 0.400. The van der Waals surface area contributed by atoms with Gasteiger partial charge in [-0.05, 0) is 41.3 Å². The van der Waals surface area contributed by atoms with E-state index in [2.05, 4.69) is 24.1 Å². The summed E-state index contributed by atoms with van der Waals surface area (Å²) in [6.07, 6.45) is 3.10. The highest BCUT2D eigenvalue weighted by molar-refractivity contribution is 5.97. The van der Waals surface area contributed by atoms with Crippen LogP contribution < -0.4 is 5.32 Å². The summed E-state index contributed by atoms with van der Waals surface area (Å²) < 4.78 is 0. The first kappa shape index (κ1) is 11.3. The minimum Gasteiger partial charge on any atom is -0.361 e. The predicted molar refractivity (Wildman–Crippen MR) is 72.5 cm³/mol. The Hall–Kier alpha value is -1.77. The van der Waals surface area contributed by atoms with Gasteiger partial charge in [-0.1, -0.05) is 19.9 Å². The van der Waals surface area contributed by atoms with Crippen molar-refractivity contribution in [3.63, 3.8) is 0 Å². The quantitative estimate of drug-likeness (QED) is 0.854. The minimum atomic E-state index is 0.0224. The topological polar surface area (TPSA) is 44.9 Å². The number of H-pyrrole nitrogens is 1. The Balaban J connectivity index is 1.68. The van der Waals surface area contributed by atoms with Gasteiger partial charge in [0.25, 0.3) is 5.91 Å². The van der Waals surface area contributed by atoms with E-state index < -0.39 is 0 Å². The zero-order chi connectivity index (χ0) is 12.8. The summed E-state index contributed by atoms with van der Waals surface area (Å²) >= 11 is 0. The molecular formula is C15H18N2O. The Labute approximate surface area is 107 Å². The maximum Gasteiger partial charge on any atom is 0.251 e. The predicted octanol–water partition coefficient (Wildman–Crippen LogP) is 2.94. The van der Waals surface area contributed by atoms with Crippen molar-refractivity contribution >= 4 is 16.8 Å². The molecule has 0 saturated heterocycles. The number of nitrogens with one attached hydrogen (secondary N) is 2. The summed E-state index contributed by atoms with van der Waals surface area (Å²) in [5.74, 6) is 0.657.